The lowest BCUT2D eigenvalue weighted by Gasteiger charge is -2.18. The average Bonchev–Trinajstić information content (AvgIpc) is 3.13. The Morgan fingerprint density at radius 3 is 2.74 bits per heavy atom. The number of carbonyl (C=O) groups excluding carboxylic acids is 3. The number of carbonyl (C=O) groups is 3. The van der Waals surface area contributed by atoms with Gasteiger partial charge in [-0.15, -0.1) is 0 Å². The Kier molecular flexibility index (Phi) is 7.59. The Morgan fingerprint density at radius 1 is 1.19 bits per heavy atom. The van der Waals surface area contributed by atoms with E-state index in [1.165, 1.54) is 17.0 Å². The van der Waals surface area contributed by atoms with E-state index in [1.54, 1.807) is 30.3 Å². The summed E-state index contributed by atoms with van der Waals surface area (Å²) < 4.78 is 13.4. The molecule has 0 aliphatic carbocycles. The van der Waals surface area contributed by atoms with Gasteiger partial charge in [0.1, 0.15) is 11.7 Å². The fourth-order valence-electron chi connectivity index (χ4n) is 3.40. The minimum absolute atomic E-state index is 0.0156. The van der Waals surface area contributed by atoms with E-state index in [0.29, 0.717) is 42.7 Å². The van der Waals surface area contributed by atoms with Crippen LogP contribution in [-0.4, -0.2) is 42.5 Å². The van der Waals surface area contributed by atoms with Gasteiger partial charge in [0, 0.05) is 42.5 Å². The molecule has 1 atom stereocenters. The maximum absolute atomic E-state index is 13.4. The minimum atomic E-state index is -0.855. The second-order valence-electron chi connectivity index (χ2n) is 7.21. The largest absolute Gasteiger partial charge is 0.396 e. The van der Waals surface area contributed by atoms with Gasteiger partial charge in [0.05, 0.1) is 0 Å². The maximum Gasteiger partial charge on any atom is 0.251 e. The van der Waals surface area contributed by atoms with Crippen LogP contribution in [-0.2, 0) is 16.1 Å². The fraction of sp³-hybridized carbons (Fsp3) is 0.318. The van der Waals surface area contributed by atoms with Crippen molar-refractivity contribution in [2.45, 2.75) is 19.4 Å². The molecule has 2 aromatic rings. The smallest absolute Gasteiger partial charge is 0.251 e. The summed E-state index contributed by atoms with van der Waals surface area (Å²) in [7, 11) is 0. The second kappa shape index (κ2) is 10.4. The van der Waals surface area contributed by atoms with Crippen LogP contribution in [0, 0.1) is 11.7 Å². The van der Waals surface area contributed by atoms with Gasteiger partial charge in [-0.2, -0.15) is 0 Å². The van der Waals surface area contributed by atoms with Crippen molar-refractivity contribution < 1.29 is 23.9 Å². The van der Waals surface area contributed by atoms with Crippen LogP contribution in [0.1, 0.15) is 28.8 Å². The summed E-state index contributed by atoms with van der Waals surface area (Å²) >= 11 is 5.82. The summed E-state index contributed by atoms with van der Waals surface area (Å²) in [6.07, 6.45) is 0.788. The van der Waals surface area contributed by atoms with Crippen LogP contribution in [0.25, 0.3) is 0 Å². The number of hydrogen-bond acceptors (Lipinski definition) is 4. The Hall–Kier alpha value is -2.97. The highest BCUT2D eigenvalue weighted by molar-refractivity contribution is 6.30. The molecule has 1 aliphatic heterocycles. The number of halogens is 2. The highest BCUT2D eigenvalue weighted by atomic mass is 35.5. The minimum Gasteiger partial charge on any atom is -0.396 e. The quantitative estimate of drug-likeness (QED) is 0.427. The van der Waals surface area contributed by atoms with E-state index in [4.69, 9.17) is 16.7 Å². The van der Waals surface area contributed by atoms with Crippen LogP contribution >= 0.6 is 11.6 Å². The number of rotatable bonds is 8. The van der Waals surface area contributed by atoms with Crippen molar-refractivity contribution in [1.29, 1.82) is 0 Å². The van der Waals surface area contributed by atoms with E-state index in [-0.39, 0.29) is 30.0 Å². The first-order valence-electron chi connectivity index (χ1n) is 9.92. The summed E-state index contributed by atoms with van der Waals surface area (Å²) in [5, 5.41) is 14.4. The van der Waals surface area contributed by atoms with Gasteiger partial charge in [-0.3, -0.25) is 14.4 Å². The zero-order chi connectivity index (χ0) is 22.4. The SMILES string of the molecule is O=C(NCCCO)c1cccc(N2CC[C@H](C(=O)NCc3cc(F)cc(Cl)c3)C2=O)c1. The lowest BCUT2D eigenvalue weighted by molar-refractivity contribution is -0.132. The van der Waals surface area contributed by atoms with Crippen LogP contribution in [0.2, 0.25) is 5.02 Å². The standard InChI is InChI=1S/C22H23ClFN3O4/c23-16-9-14(10-17(24)12-16)13-26-21(30)19-5-7-27(22(19)31)18-4-1-3-15(11-18)20(29)25-6-2-8-28/h1,3-4,9-12,19,28H,2,5-8,13H2,(H,25,29)(H,26,30)/t19-/m1/s1. The molecule has 3 amide bonds. The van der Waals surface area contributed by atoms with E-state index in [9.17, 15) is 18.8 Å². The number of aliphatic hydroxyl groups excluding tert-OH is 1. The Balaban J connectivity index is 1.62. The molecule has 0 unspecified atom stereocenters. The second-order valence-corrected chi connectivity index (χ2v) is 7.65. The molecule has 0 aromatic heterocycles. The predicted octanol–water partition coefficient (Wildman–Crippen LogP) is 2.26. The van der Waals surface area contributed by atoms with Crippen LogP contribution in [0.5, 0.6) is 0 Å². The summed E-state index contributed by atoms with van der Waals surface area (Å²) in [6.45, 7) is 0.737. The van der Waals surface area contributed by atoms with Crippen molar-refractivity contribution in [3.8, 4) is 0 Å². The van der Waals surface area contributed by atoms with Crippen LogP contribution in [0.15, 0.2) is 42.5 Å². The van der Waals surface area contributed by atoms with Crippen molar-refractivity contribution in [2.24, 2.45) is 5.92 Å². The number of hydrogen-bond donors (Lipinski definition) is 3. The fourth-order valence-corrected chi connectivity index (χ4v) is 3.65. The molecule has 3 rings (SSSR count). The third kappa shape index (κ3) is 5.80. The number of nitrogens with one attached hydrogen (secondary N) is 2. The number of anilines is 1. The highest BCUT2D eigenvalue weighted by Crippen LogP contribution is 2.26. The maximum atomic E-state index is 13.4. The Labute approximate surface area is 184 Å². The summed E-state index contributed by atoms with van der Waals surface area (Å²) in [4.78, 5) is 39.0. The number of nitrogens with zero attached hydrogens (tertiary/aromatic N) is 1. The zero-order valence-electron chi connectivity index (χ0n) is 16.7. The molecule has 164 valence electrons. The first-order valence-corrected chi connectivity index (χ1v) is 10.3. The van der Waals surface area contributed by atoms with Crippen molar-refractivity contribution >= 4 is 35.0 Å². The molecule has 7 nitrogen and oxygen atoms in total. The molecule has 9 heteroatoms. The molecule has 0 bridgehead atoms. The van der Waals surface area contributed by atoms with E-state index in [2.05, 4.69) is 10.6 Å². The summed E-state index contributed by atoms with van der Waals surface area (Å²) in [5.41, 5.74) is 1.42. The third-order valence-electron chi connectivity index (χ3n) is 4.95. The average molecular weight is 448 g/mol. The molecule has 0 spiro atoms. The molecular weight excluding hydrogens is 425 g/mol. The molecule has 1 heterocycles. The Morgan fingerprint density at radius 2 is 2.00 bits per heavy atom. The normalized spacial score (nSPS) is 15.8. The molecule has 2 aromatic carbocycles. The third-order valence-corrected chi connectivity index (χ3v) is 5.17. The van der Waals surface area contributed by atoms with E-state index in [1.807, 2.05) is 0 Å². The molecule has 1 saturated heterocycles. The van der Waals surface area contributed by atoms with Gasteiger partial charge < -0.3 is 20.6 Å². The highest BCUT2D eigenvalue weighted by Gasteiger charge is 2.37. The first kappa shape index (κ1) is 22.7. The zero-order valence-corrected chi connectivity index (χ0v) is 17.5. The van der Waals surface area contributed by atoms with Gasteiger partial charge >= 0.3 is 0 Å². The Bertz CT molecular complexity index is 965. The number of aliphatic hydroxyl groups is 1. The molecule has 3 N–H and O–H groups in total. The number of amides is 3. The predicted molar refractivity (Wildman–Crippen MR) is 114 cm³/mol. The van der Waals surface area contributed by atoms with Gasteiger partial charge in [-0.1, -0.05) is 17.7 Å². The van der Waals surface area contributed by atoms with Gasteiger partial charge in [0.15, 0.2) is 0 Å². The molecule has 1 fully saturated rings. The van der Waals surface area contributed by atoms with E-state index >= 15 is 0 Å². The summed E-state index contributed by atoms with van der Waals surface area (Å²) in [5.74, 6) is -2.45. The lowest BCUT2D eigenvalue weighted by atomic mass is 10.1. The monoisotopic (exact) mass is 447 g/mol. The topological polar surface area (TPSA) is 98.7 Å². The van der Waals surface area contributed by atoms with E-state index < -0.39 is 17.6 Å². The first-order chi connectivity index (χ1) is 14.9. The molecule has 0 radical (unpaired) electrons. The van der Waals surface area contributed by atoms with Gasteiger partial charge in [0.2, 0.25) is 11.8 Å². The van der Waals surface area contributed by atoms with Crippen LogP contribution in [0.3, 0.4) is 0 Å². The van der Waals surface area contributed by atoms with Crippen molar-refractivity contribution in [3.63, 3.8) is 0 Å². The van der Waals surface area contributed by atoms with Crippen LogP contribution < -0.4 is 15.5 Å². The van der Waals surface area contributed by atoms with Crippen molar-refractivity contribution in [3.05, 3.63) is 64.4 Å². The number of benzene rings is 2. The van der Waals surface area contributed by atoms with Gasteiger partial charge in [-0.25, -0.2) is 4.39 Å². The lowest BCUT2D eigenvalue weighted by Crippen LogP contribution is -2.36. The molecule has 0 saturated carbocycles. The van der Waals surface area contributed by atoms with Crippen molar-refractivity contribution in [2.75, 3.05) is 24.6 Å². The summed E-state index contributed by atoms with van der Waals surface area (Å²) in [6, 6.07) is 10.6. The van der Waals surface area contributed by atoms with Gasteiger partial charge in [0.25, 0.3) is 5.91 Å². The van der Waals surface area contributed by atoms with Crippen LogP contribution in [0.4, 0.5) is 10.1 Å². The molecule has 1 aliphatic rings. The van der Waals surface area contributed by atoms with Gasteiger partial charge in [-0.05, 0) is 54.8 Å². The van der Waals surface area contributed by atoms with Crippen molar-refractivity contribution in [1.82, 2.24) is 10.6 Å². The molecular formula is C22H23ClFN3O4. The van der Waals surface area contributed by atoms with E-state index in [0.717, 1.165) is 0 Å². The molecule has 31 heavy (non-hydrogen) atoms.